The molecule has 1 aliphatic carbocycles. The molecule has 2 atom stereocenters. The summed E-state index contributed by atoms with van der Waals surface area (Å²) in [6.07, 6.45) is 5.78. The molecule has 1 aliphatic rings. The summed E-state index contributed by atoms with van der Waals surface area (Å²) in [5, 5.41) is 4.39. The van der Waals surface area contributed by atoms with Gasteiger partial charge in [-0.2, -0.15) is 11.8 Å². The van der Waals surface area contributed by atoms with Crippen molar-refractivity contribution in [1.29, 1.82) is 0 Å². The number of rotatable bonds is 4. The predicted octanol–water partition coefficient (Wildman–Crippen LogP) is 4.24. The fourth-order valence-electron chi connectivity index (χ4n) is 2.29. The number of pyridine rings is 1. The van der Waals surface area contributed by atoms with Gasteiger partial charge in [0.15, 0.2) is 0 Å². The molecule has 1 fully saturated rings. The summed E-state index contributed by atoms with van der Waals surface area (Å²) in [5.74, 6) is 2.21. The van der Waals surface area contributed by atoms with Crippen molar-refractivity contribution in [2.24, 2.45) is 0 Å². The van der Waals surface area contributed by atoms with Gasteiger partial charge in [0, 0.05) is 17.5 Å². The highest BCUT2D eigenvalue weighted by Crippen LogP contribution is 2.32. The molecule has 2 nitrogen and oxygen atoms in total. The molecule has 1 heterocycles. The second-order valence-electron chi connectivity index (χ2n) is 4.57. The fourth-order valence-corrected chi connectivity index (χ4v) is 4.01. The standard InChI is InChI=1S/C13H19BrN2S/c1-3-17-11-5-4-10(7-11)16-13-12(14)6-9(2)8-15-13/h6,8,10-11H,3-5,7H2,1-2H3,(H,15,16). The van der Waals surface area contributed by atoms with Crippen molar-refractivity contribution in [2.75, 3.05) is 11.1 Å². The summed E-state index contributed by atoms with van der Waals surface area (Å²) in [5.41, 5.74) is 1.19. The molecule has 2 unspecified atom stereocenters. The van der Waals surface area contributed by atoms with Crippen molar-refractivity contribution in [3.8, 4) is 0 Å². The Kier molecular flexibility index (Phi) is 4.74. The Morgan fingerprint density at radius 1 is 1.53 bits per heavy atom. The summed E-state index contributed by atoms with van der Waals surface area (Å²) < 4.78 is 1.07. The Bertz CT molecular complexity index is 384. The van der Waals surface area contributed by atoms with Gasteiger partial charge in [-0.05, 0) is 59.5 Å². The van der Waals surface area contributed by atoms with Gasteiger partial charge in [0.05, 0.1) is 4.47 Å². The van der Waals surface area contributed by atoms with Crippen molar-refractivity contribution in [3.05, 3.63) is 22.3 Å². The maximum atomic E-state index is 4.45. The molecule has 2 rings (SSSR count). The first-order valence-corrected chi connectivity index (χ1v) is 8.03. The van der Waals surface area contributed by atoms with E-state index in [4.69, 9.17) is 0 Å². The third-order valence-electron chi connectivity index (χ3n) is 3.11. The highest BCUT2D eigenvalue weighted by atomic mass is 79.9. The first-order chi connectivity index (χ1) is 8.19. The van der Waals surface area contributed by atoms with E-state index < -0.39 is 0 Å². The average Bonchev–Trinajstić information content (AvgIpc) is 2.71. The number of thioether (sulfide) groups is 1. The summed E-state index contributed by atoms with van der Waals surface area (Å²) in [6, 6.07) is 2.70. The van der Waals surface area contributed by atoms with Gasteiger partial charge >= 0.3 is 0 Å². The minimum atomic E-state index is 0.588. The normalized spacial score (nSPS) is 23.9. The third-order valence-corrected chi connectivity index (χ3v) is 4.94. The molecule has 0 radical (unpaired) electrons. The zero-order valence-corrected chi connectivity index (χ0v) is 12.8. The largest absolute Gasteiger partial charge is 0.366 e. The van der Waals surface area contributed by atoms with E-state index in [-0.39, 0.29) is 0 Å². The first kappa shape index (κ1) is 13.2. The van der Waals surface area contributed by atoms with Crippen LogP contribution in [-0.4, -0.2) is 22.0 Å². The van der Waals surface area contributed by atoms with Gasteiger partial charge in [-0.15, -0.1) is 0 Å². The molecule has 1 N–H and O–H groups in total. The van der Waals surface area contributed by atoms with Gasteiger partial charge in [-0.25, -0.2) is 4.98 Å². The summed E-state index contributed by atoms with van der Waals surface area (Å²) >= 11 is 5.66. The van der Waals surface area contributed by atoms with Crippen LogP contribution in [-0.2, 0) is 0 Å². The average molecular weight is 315 g/mol. The van der Waals surface area contributed by atoms with Gasteiger partial charge in [-0.3, -0.25) is 0 Å². The molecule has 0 amide bonds. The third kappa shape index (κ3) is 3.62. The van der Waals surface area contributed by atoms with E-state index in [1.54, 1.807) is 0 Å². The Morgan fingerprint density at radius 3 is 3.06 bits per heavy atom. The minimum absolute atomic E-state index is 0.588. The van der Waals surface area contributed by atoms with Crippen molar-refractivity contribution >= 4 is 33.5 Å². The molecule has 0 aliphatic heterocycles. The van der Waals surface area contributed by atoms with Crippen LogP contribution in [0.4, 0.5) is 5.82 Å². The Hall–Kier alpha value is -0.220. The van der Waals surface area contributed by atoms with Crippen LogP contribution in [0.1, 0.15) is 31.7 Å². The zero-order valence-electron chi connectivity index (χ0n) is 10.4. The Labute approximate surface area is 116 Å². The molecule has 1 aromatic heterocycles. The van der Waals surface area contributed by atoms with Crippen LogP contribution >= 0.6 is 27.7 Å². The minimum Gasteiger partial charge on any atom is -0.366 e. The van der Waals surface area contributed by atoms with Gasteiger partial charge in [-0.1, -0.05) is 6.92 Å². The number of nitrogens with one attached hydrogen (secondary N) is 1. The molecule has 1 saturated carbocycles. The van der Waals surface area contributed by atoms with E-state index in [1.807, 2.05) is 6.20 Å². The van der Waals surface area contributed by atoms with Crippen LogP contribution < -0.4 is 5.32 Å². The molecule has 4 heteroatoms. The lowest BCUT2D eigenvalue weighted by atomic mass is 10.2. The van der Waals surface area contributed by atoms with E-state index in [0.29, 0.717) is 6.04 Å². The highest BCUT2D eigenvalue weighted by molar-refractivity contribution is 9.10. The highest BCUT2D eigenvalue weighted by Gasteiger charge is 2.24. The van der Waals surface area contributed by atoms with E-state index in [1.165, 1.54) is 30.6 Å². The maximum Gasteiger partial charge on any atom is 0.140 e. The number of hydrogen-bond donors (Lipinski definition) is 1. The lowest BCUT2D eigenvalue weighted by molar-refractivity contribution is 0.751. The molecule has 0 spiro atoms. The van der Waals surface area contributed by atoms with Crippen molar-refractivity contribution in [1.82, 2.24) is 4.98 Å². The lowest BCUT2D eigenvalue weighted by Crippen LogP contribution is -2.17. The predicted molar refractivity (Wildman–Crippen MR) is 79.9 cm³/mol. The summed E-state index contributed by atoms with van der Waals surface area (Å²) in [6.45, 7) is 4.30. The van der Waals surface area contributed by atoms with Crippen LogP contribution in [0.5, 0.6) is 0 Å². The van der Waals surface area contributed by atoms with Crippen LogP contribution in [0, 0.1) is 6.92 Å². The van der Waals surface area contributed by atoms with Crippen molar-refractivity contribution in [2.45, 2.75) is 44.4 Å². The number of nitrogens with zero attached hydrogens (tertiary/aromatic N) is 1. The molecule has 1 aromatic rings. The fraction of sp³-hybridized carbons (Fsp3) is 0.615. The second kappa shape index (κ2) is 6.10. The molecule has 0 bridgehead atoms. The number of hydrogen-bond acceptors (Lipinski definition) is 3. The Morgan fingerprint density at radius 2 is 2.35 bits per heavy atom. The smallest absolute Gasteiger partial charge is 0.140 e. The number of aromatic nitrogens is 1. The molecular formula is C13H19BrN2S. The van der Waals surface area contributed by atoms with Gasteiger partial charge in [0.2, 0.25) is 0 Å². The number of aryl methyl sites for hydroxylation is 1. The molecule has 94 valence electrons. The molecule has 0 saturated heterocycles. The number of halogens is 1. The quantitative estimate of drug-likeness (QED) is 0.899. The van der Waals surface area contributed by atoms with E-state index >= 15 is 0 Å². The SMILES string of the molecule is CCSC1CCC(Nc2ncc(C)cc2Br)C1. The van der Waals surface area contributed by atoms with E-state index in [2.05, 4.69) is 57.9 Å². The van der Waals surface area contributed by atoms with Gasteiger partial charge in [0.25, 0.3) is 0 Å². The Balaban J connectivity index is 1.93. The summed E-state index contributed by atoms with van der Waals surface area (Å²) in [4.78, 5) is 4.45. The van der Waals surface area contributed by atoms with Crippen LogP contribution in [0.2, 0.25) is 0 Å². The van der Waals surface area contributed by atoms with Crippen molar-refractivity contribution in [3.63, 3.8) is 0 Å². The summed E-state index contributed by atoms with van der Waals surface area (Å²) in [7, 11) is 0. The van der Waals surface area contributed by atoms with Gasteiger partial charge < -0.3 is 5.32 Å². The van der Waals surface area contributed by atoms with Crippen LogP contribution in [0.3, 0.4) is 0 Å². The van der Waals surface area contributed by atoms with Crippen molar-refractivity contribution < 1.29 is 0 Å². The lowest BCUT2D eigenvalue weighted by Gasteiger charge is -2.15. The molecular weight excluding hydrogens is 296 g/mol. The zero-order chi connectivity index (χ0) is 12.3. The monoisotopic (exact) mass is 314 g/mol. The number of anilines is 1. The maximum absolute atomic E-state index is 4.45. The molecule has 0 aromatic carbocycles. The van der Waals surface area contributed by atoms with E-state index in [9.17, 15) is 0 Å². The topological polar surface area (TPSA) is 24.9 Å². The second-order valence-corrected chi connectivity index (χ2v) is 7.01. The first-order valence-electron chi connectivity index (χ1n) is 6.19. The van der Waals surface area contributed by atoms with Crippen LogP contribution in [0.25, 0.3) is 0 Å². The van der Waals surface area contributed by atoms with E-state index in [0.717, 1.165) is 15.5 Å². The van der Waals surface area contributed by atoms with Crippen LogP contribution in [0.15, 0.2) is 16.7 Å². The molecule has 17 heavy (non-hydrogen) atoms. The van der Waals surface area contributed by atoms with Gasteiger partial charge in [0.1, 0.15) is 5.82 Å².